The van der Waals surface area contributed by atoms with Gasteiger partial charge >= 0.3 is 0 Å². The van der Waals surface area contributed by atoms with Crippen LogP contribution in [-0.4, -0.2) is 9.55 Å². The normalized spacial score (nSPS) is 11.3. The molecule has 132 valence electrons. The van der Waals surface area contributed by atoms with E-state index in [1.165, 1.54) is 16.7 Å². The Morgan fingerprint density at radius 3 is 2.48 bits per heavy atom. The van der Waals surface area contributed by atoms with Crippen LogP contribution in [0, 0.1) is 12.7 Å². The Morgan fingerprint density at radius 2 is 1.67 bits per heavy atom. The van der Waals surface area contributed by atoms with Crippen molar-refractivity contribution >= 4 is 23.1 Å². The molecule has 0 aliphatic rings. The van der Waals surface area contributed by atoms with E-state index in [1.54, 1.807) is 30.3 Å². The summed E-state index contributed by atoms with van der Waals surface area (Å²) in [5, 5.41) is 0.498. The molecule has 0 fully saturated rings. The number of benzene rings is 3. The molecule has 0 radical (unpaired) electrons. The van der Waals surface area contributed by atoms with Gasteiger partial charge in [0, 0.05) is 0 Å². The summed E-state index contributed by atoms with van der Waals surface area (Å²) in [6.45, 7) is 1.85. The van der Waals surface area contributed by atoms with E-state index < -0.39 is 5.82 Å². The number of hydrogen-bond acceptors (Lipinski definition) is 2. The van der Waals surface area contributed by atoms with Gasteiger partial charge in [0.25, 0.3) is 5.56 Å². The van der Waals surface area contributed by atoms with Gasteiger partial charge in [0.15, 0.2) is 0 Å². The number of nitrogens with zero attached hydrogens (tertiary/aromatic N) is 2. The zero-order valence-electron chi connectivity index (χ0n) is 14.8. The molecule has 4 rings (SSSR count). The molecule has 0 N–H and O–H groups in total. The summed E-state index contributed by atoms with van der Waals surface area (Å²) in [4.78, 5) is 17.8. The number of rotatable bonds is 3. The highest BCUT2D eigenvalue weighted by atomic mass is 19.1. The van der Waals surface area contributed by atoms with E-state index in [4.69, 9.17) is 0 Å². The van der Waals surface area contributed by atoms with Crippen molar-refractivity contribution in [3.05, 3.63) is 106 Å². The Balaban J connectivity index is 2.00. The molecular weight excluding hydrogens is 339 g/mol. The lowest BCUT2D eigenvalue weighted by atomic mass is 10.1. The molecule has 0 spiro atoms. The highest BCUT2D eigenvalue weighted by Gasteiger charge is 2.13. The molecule has 0 aliphatic carbocycles. The minimum Gasteiger partial charge on any atom is -0.268 e. The highest BCUT2D eigenvalue weighted by Crippen LogP contribution is 2.19. The summed E-state index contributed by atoms with van der Waals surface area (Å²) in [6.07, 6.45) is 3.68. The summed E-state index contributed by atoms with van der Waals surface area (Å²) in [5.41, 5.74) is 2.67. The Kier molecular flexibility index (Phi) is 4.38. The summed E-state index contributed by atoms with van der Waals surface area (Å²) in [5.74, 6) is 0.0601. The van der Waals surface area contributed by atoms with Crippen molar-refractivity contribution in [1.82, 2.24) is 9.55 Å². The van der Waals surface area contributed by atoms with Crippen molar-refractivity contribution in [3.8, 4) is 5.69 Å². The first-order valence-corrected chi connectivity index (χ1v) is 8.65. The van der Waals surface area contributed by atoms with Crippen LogP contribution in [-0.2, 0) is 0 Å². The van der Waals surface area contributed by atoms with Crippen LogP contribution in [0.15, 0.2) is 77.6 Å². The second-order valence-corrected chi connectivity index (χ2v) is 6.30. The molecule has 3 aromatic carbocycles. The van der Waals surface area contributed by atoms with E-state index in [0.29, 0.717) is 22.4 Å². The van der Waals surface area contributed by atoms with Crippen molar-refractivity contribution in [3.63, 3.8) is 0 Å². The number of fused-ring (bicyclic) bond motifs is 1. The molecule has 4 aromatic rings. The molecule has 1 aromatic heterocycles. The van der Waals surface area contributed by atoms with E-state index in [0.717, 1.165) is 11.1 Å². The molecule has 0 aliphatic heterocycles. The minimum atomic E-state index is -0.395. The maximum Gasteiger partial charge on any atom is 0.266 e. The van der Waals surface area contributed by atoms with E-state index in [9.17, 15) is 9.18 Å². The van der Waals surface area contributed by atoms with E-state index in [-0.39, 0.29) is 5.56 Å². The second-order valence-electron chi connectivity index (χ2n) is 6.30. The molecule has 3 nitrogen and oxygen atoms in total. The lowest BCUT2D eigenvalue weighted by molar-refractivity contribution is 0.625. The van der Waals surface area contributed by atoms with Crippen molar-refractivity contribution in [1.29, 1.82) is 0 Å². The summed E-state index contributed by atoms with van der Waals surface area (Å²) in [6, 6.07) is 21.4. The molecule has 0 unspecified atom stereocenters. The summed E-state index contributed by atoms with van der Waals surface area (Å²) < 4.78 is 15.4. The van der Waals surface area contributed by atoms with Gasteiger partial charge in [-0.2, -0.15) is 0 Å². The third-order valence-electron chi connectivity index (χ3n) is 4.44. The van der Waals surface area contributed by atoms with Crippen LogP contribution in [0.1, 0.15) is 17.0 Å². The molecular formula is C23H17FN2O. The first-order chi connectivity index (χ1) is 13.1. The lowest BCUT2D eigenvalue weighted by Gasteiger charge is -2.14. The van der Waals surface area contributed by atoms with Gasteiger partial charge in [-0.3, -0.25) is 9.36 Å². The fourth-order valence-electron chi connectivity index (χ4n) is 3.05. The fourth-order valence-corrected chi connectivity index (χ4v) is 3.05. The van der Waals surface area contributed by atoms with Crippen LogP contribution >= 0.6 is 0 Å². The maximum atomic E-state index is 13.9. The van der Waals surface area contributed by atoms with Gasteiger partial charge < -0.3 is 0 Å². The predicted octanol–water partition coefficient (Wildman–Crippen LogP) is 5.00. The predicted molar refractivity (Wildman–Crippen MR) is 107 cm³/mol. The SMILES string of the molecule is Cc1ccc(F)cc1-n1c(/C=C/c2ccccc2)nc2ccccc2c1=O. The number of halogens is 1. The molecule has 27 heavy (non-hydrogen) atoms. The number of aryl methyl sites for hydroxylation is 1. The summed E-state index contributed by atoms with van der Waals surface area (Å²) >= 11 is 0. The molecule has 0 saturated carbocycles. The lowest BCUT2D eigenvalue weighted by Crippen LogP contribution is -2.23. The average Bonchev–Trinajstić information content (AvgIpc) is 2.69. The average molecular weight is 356 g/mol. The number of para-hydroxylation sites is 1. The number of hydrogen-bond donors (Lipinski definition) is 0. The van der Waals surface area contributed by atoms with Crippen molar-refractivity contribution in [2.45, 2.75) is 6.92 Å². The Hall–Kier alpha value is -3.53. The molecule has 1 heterocycles. The molecule has 0 bridgehead atoms. The summed E-state index contributed by atoms with van der Waals surface area (Å²) in [7, 11) is 0. The van der Waals surface area contributed by atoms with Gasteiger partial charge in [0.1, 0.15) is 11.6 Å². The third kappa shape index (κ3) is 3.29. The number of aromatic nitrogens is 2. The Labute approximate surface area is 156 Å². The quantitative estimate of drug-likeness (QED) is 0.517. The van der Waals surface area contributed by atoms with Crippen LogP contribution < -0.4 is 5.56 Å². The first kappa shape index (κ1) is 16.9. The molecule has 4 heteroatoms. The van der Waals surface area contributed by atoms with E-state index >= 15 is 0 Å². The standard InChI is InChI=1S/C23H17FN2O/c1-16-11-13-18(24)15-21(16)26-22(14-12-17-7-3-2-4-8-17)25-20-10-6-5-9-19(20)23(26)27/h2-15H,1H3/b14-12+. The topological polar surface area (TPSA) is 34.9 Å². The van der Waals surface area contributed by atoms with Crippen LogP contribution in [0.3, 0.4) is 0 Å². The minimum absolute atomic E-state index is 0.220. The van der Waals surface area contributed by atoms with Crippen LogP contribution in [0.4, 0.5) is 4.39 Å². The van der Waals surface area contributed by atoms with Crippen LogP contribution in [0.25, 0.3) is 28.7 Å². The maximum absolute atomic E-state index is 13.9. The Bertz CT molecular complexity index is 1210. The third-order valence-corrected chi connectivity index (χ3v) is 4.44. The zero-order valence-corrected chi connectivity index (χ0v) is 14.8. The largest absolute Gasteiger partial charge is 0.268 e. The molecule has 0 amide bonds. The van der Waals surface area contributed by atoms with Crippen LogP contribution in [0.2, 0.25) is 0 Å². The smallest absolute Gasteiger partial charge is 0.266 e. The monoisotopic (exact) mass is 356 g/mol. The van der Waals surface area contributed by atoms with Gasteiger partial charge in [-0.05, 0) is 48.4 Å². The van der Waals surface area contributed by atoms with Gasteiger partial charge in [0.2, 0.25) is 0 Å². The molecule has 0 saturated heterocycles. The van der Waals surface area contributed by atoms with Crippen LogP contribution in [0.5, 0.6) is 0 Å². The second kappa shape index (κ2) is 7.00. The fraction of sp³-hybridized carbons (Fsp3) is 0.0435. The molecule has 0 atom stereocenters. The van der Waals surface area contributed by atoms with Gasteiger partial charge in [0.05, 0.1) is 16.6 Å². The van der Waals surface area contributed by atoms with Gasteiger partial charge in [-0.15, -0.1) is 0 Å². The van der Waals surface area contributed by atoms with E-state index in [2.05, 4.69) is 4.98 Å². The van der Waals surface area contributed by atoms with Gasteiger partial charge in [-0.25, -0.2) is 9.37 Å². The van der Waals surface area contributed by atoms with Crippen molar-refractivity contribution < 1.29 is 4.39 Å². The van der Waals surface area contributed by atoms with Crippen molar-refractivity contribution in [2.24, 2.45) is 0 Å². The van der Waals surface area contributed by atoms with E-state index in [1.807, 2.05) is 49.4 Å². The zero-order chi connectivity index (χ0) is 18.8. The van der Waals surface area contributed by atoms with Gasteiger partial charge in [-0.1, -0.05) is 54.6 Å². The Morgan fingerprint density at radius 1 is 0.926 bits per heavy atom. The van der Waals surface area contributed by atoms with Crippen molar-refractivity contribution in [2.75, 3.05) is 0 Å². The highest BCUT2D eigenvalue weighted by molar-refractivity contribution is 5.80. The first-order valence-electron chi connectivity index (χ1n) is 8.65.